The fourth-order valence-corrected chi connectivity index (χ4v) is 3.42. The van der Waals surface area contributed by atoms with Crippen molar-refractivity contribution in [1.82, 2.24) is 29.5 Å². The van der Waals surface area contributed by atoms with Gasteiger partial charge in [-0.15, -0.1) is 0 Å². The number of aromatic nitrogens is 5. The molecular weight excluding hydrogens is 388 g/mol. The van der Waals surface area contributed by atoms with Crippen LogP contribution in [0.5, 0.6) is 0 Å². The summed E-state index contributed by atoms with van der Waals surface area (Å²) in [4.78, 5) is 21.0. The van der Waals surface area contributed by atoms with Crippen molar-refractivity contribution >= 4 is 11.4 Å². The number of amides is 1. The molecule has 0 aliphatic carbocycles. The van der Waals surface area contributed by atoms with Crippen molar-refractivity contribution < 1.29 is 4.79 Å². The fourth-order valence-electron chi connectivity index (χ4n) is 3.42. The van der Waals surface area contributed by atoms with E-state index in [0.717, 1.165) is 28.2 Å². The zero-order valence-corrected chi connectivity index (χ0v) is 16.9. The van der Waals surface area contributed by atoms with Gasteiger partial charge in [-0.1, -0.05) is 36.4 Å². The molecule has 152 valence electrons. The van der Waals surface area contributed by atoms with Crippen molar-refractivity contribution in [3.8, 4) is 16.9 Å². The second-order valence-electron chi connectivity index (χ2n) is 7.25. The highest BCUT2D eigenvalue weighted by atomic mass is 16.1. The first-order chi connectivity index (χ1) is 15.2. The van der Waals surface area contributed by atoms with Gasteiger partial charge in [-0.2, -0.15) is 5.10 Å². The van der Waals surface area contributed by atoms with Crippen molar-refractivity contribution in [3.05, 3.63) is 103 Å². The van der Waals surface area contributed by atoms with E-state index < -0.39 is 0 Å². The lowest BCUT2D eigenvalue weighted by Gasteiger charge is -2.07. The molecule has 0 saturated carbocycles. The van der Waals surface area contributed by atoms with E-state index in [1.54, 1.807) is 29.3 Å². The summed E-state index contributed by atoms with van der Waals surface area (Å²) < 4.78 is 3.78. The molecule has 7 heteroatoms. The monoisotopic (exact) mass is 408 g/mol. The van der Waals surface area contributed by atoms with Gasteiger partial charge in [0.2, 0.25) is 0 Å². The lowest BCUT2D eigenvalue weighted by Crippen LogP contribution is -2.24. The van der Waals surface area contributed by atoms with Gasteiger partial charge in [0, 0.05) is 24.1 Å². The molecule has 1 N–H and O–H groups in total. The summed E-state index contributed by atoms with van der Waals surface area (Å²) in [5, 5.41) is 7.32. The van der Waals surface area contributed by atoms with Gasteiger partial charge >= 0.3 is 0 Å². The summed E-state index contributed by atoms with van der Waals surface area (Å²) >= 11 is 0. The van der Waals surface area contributed by atoms with Crippen LogP contribution in [0.2, 0.25) is 0 Å². The third-order valence-corrected chi connectivity index (χ3v) is 5.06. The van der Waals surface area contributed by atoms with E-state index in [-0.39, 0.29) is 5.91 Å². The van der Waals surface area contributed by atoms with Crippen LogP contribution in [0.15, 0.2) is 85.5 Å². The van der Waals surface area contributed by atoms with Crippen molar-refractivity contribution in [1.29, 1.82) is 0 Å². The maximum atomic E-state index is 12.5. The van der Waals surface area contributed by atoms with Crippen LogP contribution >= 0.6 is 0 Å². The first-order valence-electron chi connectivity index (χ1n) is 9.96. The van der Waals surface area contributed by atoms with Gasteiger partial charge in [-0.3, -0.25) is 14.8 Å². The second-order valence-corrected chi connectivity index (χ2v) is 7.25. The molecule has 0 atom stereocenters. The SMILES string of the molecule is Cc1cnc(CNC(=O)c2ccn(-c3ccc4ccc(-c5ccccc5)cn34)n2)cn1. The van der Waals surface area contributed by atoms with Gasteiger partial charge in [0.15, 0.2) is 5.69 Å². The molecule has 0 fully saturated rings. The van der Waals surface area contributed by atoms with Crippen molar-refractivity contribution in [3.63, 3.8) is 0 Å². The average molecular weight is 408 g/mol. The molecule has 5 rings (SSSR count). The molecule has 7 nitrogen and oxygen atoms in total. The van der Waals surface area contributed by atoms with Gasteiger partial charge in [0.25, 0.3) is 5.91 Å². The molecule has 5 aromatic rings. The first kappa shape index (κ1) is 18.7. The van der Waals surface area contributed by atoms with Crippen LogP contribution in [0.4, 0.5) is 0 Å². The highest BCUT2D eigenvalue weighted by molar-refractivity contribution is 5.92. The molecule has 31 heavy (non-hydrogen) atoms. The summed E-state index contributed by atoms with van der Waals surface area (Å²) in [6.07, 6.45) is 7.21. The van der Waals surface area contributed by atoms with Crippen molar-refractivity contribution in [2.24, 2.45) is 0 Å². The second kappa shape index (κ2) is 7.87. The van der Waals surface area contributed by atoms with E-state index in [0.29, 0.717) is 17.9 Å². The minimum Gasteiger partial charge on any atom is -0.345 e. The van der Waals surface area contributed by atoms with E-state index in [1.807, 2.05) is 37.3 Å². The number of aryl methyl sites for hydroxylation is 1. The predicted octanol–water partition coefficient (Wildman–Crippen LogP) is 3.82. The molecule has 0 saturated heterocycles. The van der Waals surface area contributed by atoms with E-state index >= 15 is 0 Å². The Morgan fingerprint density at radius 3 is 2.58 bits per heavy atom. The van der Waals surface area contributed by atoms with E-state index in [9.17, 15) is 4.79 Å². The van der Waals surface area contributed by atoms with Gasteiger partial charge in [-0.25, -0.2) is 4.68 Å². The molecule has 0 spiro atoms. The quantitative estimate of drug-likeness (QED) is 0.480. The number of carbonyl (C=O) groups is 1. The molecule has 0 bridgehead atoms. The van der Waals surface area contributed by atoms with Crippen molar-refractivity contribution in [2.45, 2.75) is 13.5 Å². The number of rotatable bonds is 5. The van der Waals surface area contributed by atoms with Gasteiger partial charge in [-0.05, 0) is 42.3 Å². The van der Waals surface area contributed by atoms with Crippen LogP contribution in [0.1, 0.15) is 21.9 Å². The third kappa shape index (κ3) is 3.81. The minimum atomic E-state index is -0.257. The number of pyridine rings is 1. The Morgan fingerprint density at radius 1 is 0.935 bits per heavy atom. The molecule has 0 radical (unpaired) electrons. The van der Waals surface area contributed by atoms with Gasteiger partial charge in [0.05, 0.1) is 24.1 Å². The highest BCUT2D eigenvalue weighted by Gasteiger charge is 2.12. The summed E-state index contributed by atoms with van der Waals surface area (Å²) in [6, 6.07) is 20.1. The Bertz CT molecular complexity index is 1350. The Morgan fingerprint density at radius 2 is 1.77 bits per heavy atom. The normalized spacial score (nSPS) is 11.0. The zero-order valence-electron chi connectivity index (χ0n) is 16.9. The van der Waals surface area contributed by atoms with Crippen LogP contribution in [-0.2, 0) is 6.54 Å². The minimum absolute atomic E-state index is 0.257. The first-order valence-corrected chi connectivity index (χ1v) is 9.96. The molecule has 4 aromatic heterocycles. The number of hydrogen-bond acceptors (Lipinski definition) is 4. The molecule has 4 heterocycles. The largest absolute Gasteiger partial charge is 0.345 e. The number of nitrogens with zero attached hydrogens (tertiary/aromatic N) is 5. The molecular formula is C24H20N6O. The summed E-state index contributed by atoms with van der Waals surface area (Å²) in [7, 11) is 0. The standard InChI is InChI=1S/C24H20N6O/c1-17-13-26-20(14-25-17)15-27-24(31)22-11-12-30(28-22)23-10-9-21-8-7-19(16-29(21)23)18-5-3-2-4-6-18/h2-14,16H,15H2,1H3,(H,27,31). The molecule has 1 amide bonds. The maximum Gasteiger partial charge on any atom is 0.272 e. The van der Waals surface area contributed by atoms with E-state index in [2.05, 4.69) is 55.2 Å². The lowest BCUT2D eigenvalue weighted by atomic mass is 10.1. The van der Waals surface area contributed by atoms with Crippen molar-refractivity contribution in [2.75, 3.05) is 0 Å². The Labute approximate surface area is 179 Å². The third-order valence-electron chi connectivity index (χ3n) is 5.06. The predicted molar refractivity (Wildman–Crippen MR) is 118 cm³/mol. The van der Waals surface area contributed by atoms with Gasteiger partial charge < -0.3 is 9.72 Å². The smallest absolute Gasteiger partial charge is 0.272 e. The number of nitrogens with one attached hydrogen (secondary N) is 1. The molecule has 1 aromatic carbocycles. The topological polar surface area (TPSA) is 77.1 Å². The van der Waals surface area contributed by atoms with Crippen LogP contribution in [0, 0.1) is 6.92 Å². The van der Waals surface area contributed by atoms with E-state index in [1.165, 1.54) is 0 Å². The highest BCUT2D eigenvalue weighted by Crippen LogP contribution is 2.22. The lowest BCUT2D eigenvalue weighted by molar-refractivity contribution is 0.0945. The average Bonchev–Trinajstić information content (AvgIpc) is 3.46. The summed E-state index contributed by atoms with van der Waals surface area (Å²) in [6.45, 7) is 2.17. The number of carbonyl (C=O) groups excluding carboxylic acids is 1. The molecule has 0 aliphatic heterocycles. The number of fused-ring (bicyclic) bond motifs is 1. The zero-order chi connectivity index (χ0) is 21.2. The Hall–Kier alpha value is -4.26. The van der Waals surface area contributed by atoms with Crippen LogP contribution < -0.4 is 5.32 Å². The molecule has 0 unspecified atom stereocenters. The number of benzene rings is 1. The Balaban J connectivity index is 1.38. The van der Waals surface area contributed by atoms with Gasteiger partial charge in [0.1, 0.15) is 5.82 Å². The fraction of sp³-hybridized carbons (Fsp3) is 0.0833. The number of hydrogen-bond donors (Lipinski definition) is 1. The van der Waals surface area contributed by atoms with Crippen LogP contribution in [-0.4, -0.2) is 30.1 Å². The Kier molecular flexibility index (Phi) is 4.76. The molecule has 0 aliphatic rings. The summed E-state index contributed by atoms with van der Waals surface area (Å²) in [5.41, 5.74) is 5.18. The van der Waals surface area contributed by atoms with E-state index in [4.69, 9.17) is 0 Å². The van der Waals surface area contributed by atoms with Crippen LogP contribution in [0.25, 0.3) is 22.5 Å². The summed E-state index contributed by atoms with van der Waals surface area (Å²) in [5.74, 6) is 0.600. The maximum absolute atomic E-state index is 12.5. The van der Waals surface area contributed by atoms with Crippen LogP contribution in [0.3, 0.4) is 0 Å².